The fourth-order valence-corrected chi connectivity index (χ4v) is 4.26. The van der Waals surface area contributed by atoms with Gasteiger partial charge in [-0.2, -0.15) is 0 Å². The quantitative estimate of drug-likeness (QED) is 0.631. The molecule has 0 heterocycles. The summed E-state index contributed by atoms with van der Waals surface area (Å²) in [6.07, 6.45) is 6.16. The highest BCUT2D eigenvalue weighted by Crippen LogP contribution is 2.54. The Morgan fingerprint density at radius 2 is 1.38 bits per heavy atom. The van der Waals surface area contributed by atoms with Crippen LogP contribution in [-0.4, -0.2) is 16.5 Å². The predicted molar refractivity (Wildman–Crippen MR) is 47.8 cm³/mol. The van der Waals surface area contributed by atoms with Gasteiger partial charge in [0.05, 0.1) is 0 Å². The highest BCUT2D eigenvalue weighted by molar-refractivity contribution is 5.00. The largest absolute Gasteiger partial charge is 0.762 e. The molecule has 0 amide bonds. The van der Waals surface area contributed by atoms with Crippen molar-refractivity contribution in [3.05, 3.63) is 5.21 Å². The topological polar surface area (TPSA) is 46.5 Å². The van der Waals surface area contributed by atoms with Crippen LogP contribution < -0.4 is 0 Å². The van der Waals surface area contributed by atoms with Crippen molar-refractivity contribution in [2.75, 3.05) is 0 Å². The molecule has 0 saturated heterocycles. The van der Waals surface area contributed by atoms with Gasteiger partial charge in [0.25, 0.3) is 0 Å². The molecule has 4 bridgehead atoms. The first-order chi connectivity index (χ1) is 6.24. The van der Waals surface area contributed by atoms with E-state index in [1.165, 1.54) is 32.1 Å². The summed E-state index contributed by atoms with van der Waals surface area (Å²) in [5.74, 6) is 2.75. The van der Waals surface area contributed by atoms with Crippen molar-refractivity contribution in [3.63, 3.8) is 0 Å². The lowest BCUT2D eigenvalue weighted by Crippen LogP contribution is -2.53. The number of nitrogens with zero attached hydrogens (tertiary/aromatic N) is 1. The lowest BCUT2D eigenvalue weighted by molar-refractivity contribution is -0.165. The highest BCUT2D eigenvalue weighted by atomic mass is 16.8. The third kappa shape index (κ3) is 1.14. The number of hydrogen-bond acceptors (Lipinski definition) is 3. The molecule has 4 aliphatic carbocycles. The molecular formula is C10H16NO2-. The first-order valence-corrected chi connectivity index (χ1v) is 5.39. The maximum Gasteiger partial charge on any atom is 0.0273 e. The van der Waals surface area contributed by atoms with E-state index in [0.29, 0.717) is 11.8 Å². The van der Waals surface area contributed by atoms with E-state index >= 15 is 0 Å². The van der Waals surface area contributed by atoms with Crippen molar-refractivity contribution in [2.45, 2.75) is 38.1 Å². The second kappa shape index (κ2) is 2.69. The summed E-state index contributed by atoms with van der Waals surface area (Å²) in [6, 6.07) is -0.0622. The first-order valence-electron chi connectivity index (χ1n) is 5.39. The number of hydrogen-bond donors (Lipinski definition) is 1. The average molecular weight is 182 g/mol. The molecule has 0 spiro atoms. The summed E-state index contributed by atoms with van der Waals surface area (Å²) in [4.78, 5) is 0. The number of hydroxylamine groups is 2. The maximum absolute atomic E-state index is 11.0. The minimum absolute atomic E-state index is 0.0622. The minimum Gasteiger partial charge on any atom is -0.762 e. The van der Waals surface area contributed by atoms with Crippen LogP contribution in [0.25, 0.3) is 0 Å². The van der Waals surface area contributed by atoms with Crippen LogP contribution in [0.5, 0.6) is 0 Å². The summed E-state index contributed by atoms with van der Waals surface area (Å²) in [5, 5.41) is 20.3. The van der Waals surface area contributed by atoms with E-state index in [2.05, 4.69) is 0 Å². The minimum atomic E-state index is -0.0622. The molecule has 0 aromatic heterocycles. The van der Waals surface area contributed by atoms with Crippen LogP contribution in [-0.2, 0) is 0 Å². The monoisotopic (exact) mass is 182 g/mol. The Kier molecular flexibility index (Phi) is 1.70. The Morgan fingerprint density at radius 3 is 1.77 bits per heavy atom. The van der Waals surface area contributed by atoms with Crippen LogP contribution in [0.1, 0.15) is 32.1 Å². The Morgan fingerprint density at radius 1 is 0.923 bits per heavy atom. The van der Waals surface area contributed by atoms with E-state index in [4.69, 9.17) is 5.21 Å². The van der Waals surface area contributed by atoms with Gasteiger partial charge in [0.1, 0.15) is 0 Å². The van der Waals surface area contributed by atoms with Crippen LogP contribution in [0.2, 0.25) is 0 Å². The second-order valence-corrected chi connectivity index (χ2v) is 5.22. The third-order valence-electron chi connectivity index (χ3n) is 4.43. The van der Waals surface area contributed by atoms with Gasteiger partial charge in [0.2, 0.25) is 0 Å². The maximum atomic E-state index is 11.0. The normalized spacial score (nSPS) is 53.3. The third-order valence-corrected chi connectivity index (χ3v) is 4.43. The molecule has 4 fully saturated rings. The summed E-state index contributed by atoms with van der Waals surface area (Å²) in [5.41, 5.74) is 0. The Bertz CT molecular complexity index is 189. The summed E-state index contributed by atoms with van der Waals surface area (Å²) < 4.78 is 0. The Labute approximate surface area is 78.3 Å². The predicted octanol–water partition coefficient (Wildman–Crippen LogP) is 2.00. The summed E-state index contributed by atoms with van der Waals surface area (Å²) in [7, 11) is 0. The smallest absolute Gasteiger partial charge is 0.0273 e. The van der Waals surface area contributed by atoms with E-state index in [9.17, 15) is 5.21 Å². The van der Waals surface area contributed by atoms with E-state index in [0.717, 1.165) is 11.8 Å². The van der Waals surface area contributed by atoms with Crippen LogP contribution in [0.15, 0.2) is 0 Å². The highest BCUT2D eigenvalue weighted by Gasteiger charge is 2.48. The summed E-state index contributed by atoms with van der Waals surface area (Å²) >= 11 is 0. The summed E-state index contributed by atoms with van der Waals surface area (Å²) in [6.45, 7) is 0. The molecule has 0 unspecified atom stereocenters. The van der Waals surface area contributed by atoms with Gasteiger partial charge in [-0.3, -0.25) is 5.23 Å². The van der Waals surface area contributed by atoms with Gasteiger partial charge < -0.3 is 10.4 Å². The SMILES string of the molecule is [O-]N(O)C1C2CC3CC(C2)CC1C3. The number of rotatable bonds is 1. The molecule has 13 heavy (non-hydrogen) atoms. The Balaban J connectivity index is 1.85. The molecule has 3 heteroatoms. The molecule has 0 aliphatic heterocycles. The molecule has 74 valence electrons. The fraction of sp³-hybridized carbons (Fsp3) is 1.00. The zero-order valence-corrected chi connectivity index (χ0v) is 7.72. The Hall–Kier alpha value is -0.120. The zero-order chi connectivity index (χ0) is 9.00. The van der Waals surface area contributed by atoms with Gasteiger partial charge in [-0.1, -0.05) is 0 Å². The van der Waals surface area contributed by atoms with Crippen LogP contribution in [0.4, 0.5) is 0 Å². The van der Waals surface area contributed by atoms with Gasteiger partial charge in [-0.15, -0.1) is 0 Å². The van der Waals surface area contributed by atoms with Gasteiger partial charge >= 0.3 is 0 Å². The molecule has 4 aliphatic rings. The van der Waals surface area contributed by atoms with E-state index in [-0.39, 0.29) is 11.3 Å². The van der Waals surface area contributed by atoms with Crippen molar-refractivity contribution in [1.29, 1.82) is 0 Å². The average Bonchev–Trinajstić information content (AvgIpc) is 2.00. The molecule has 4 rings (SSSR count). The first kappa shape index (κ1) is 8.21. The van der Waals surface area contributed by atoms with Crippen molar-refractivity contribution in [3.8, 4) is 0 Å². The molecule has 0 aromatic carbocycles. The molecule has 0 radical (unpaired) electrons. The van der Waals surface area contributed by atoms with Crippen LogP contribution in [0.3, 0.4) is 0 Å². The lowest BCUT2D eigenvalue weighted by Gasteiger charge is -2.57. The lowest BCUT2D eigenvalue weighted by atomic mass is 9.54. The molecule has 3 nitrogen and oxygen atoms in total. The standard InChI is InChI=1S/C10H16NO2/c12-11(13)10-8-2-6-1-7(4-8)5-9(10)3-6/h6-10,12H,1-5H2/q-1. The van der Waals surface area contributed by atoms with E-state index in [1.54, 1.807) is 0 Å². The molecule has 0 aromatic rings. The van der Waals surface area contributed by atoms with Crippen molar-refractivity contribution < 1.29 is 5.21 Å². The van der Waals surface area contributed by atoms with Crippen LogP contribution >= 0.6 is 0 Å². The van der Waals surface area contributed by atoms with Crippen molar-refractivity contribution >= 4 is 0 Å². The van der Waals surface area contributed by atoms with E-state index < -0.39 is 0 Å². The van der Waals surface area contributed by atoms with Gasteiger partial charge in [-0.25, -0.2) is 0 Å². The van der Waals surface area contributed by atoms with E-state index in [1.807, 2.05) is 0 Å². The molecule has 0 atom stereocenters. The second-order valence-electron chi connectivity index (χ2n) is 5.22. The van der Waals surface area contributed by atoms with Crippen LogP contribution in [0, 0.1) is 28.9 Å². The van der Waals surface area contributed by atoms with Crippen molar-refractivity contribution in [1.82, 2.24) is 5.23 Å². The van der Waals surface area contributed by atoms with Gasteiger partial charge in [-0.05, 0) is 55.8 Å². The molecular weight excluding hydrogens is 166 g/mol. The molecule has 4 saturated carbocycles. The fourth-order valence-electron chi connectivity index (χ4n) is 4.26. The zero-order valence-electron chi connectivity index (χ0n) is 7.72. The van der Waals surface area contributed by atoms with Crippen molar-refractivity contribution in [2.24, 2.45) is 23.7 Å². The molecule has 1 N–H and O–H groups in total. The van der Waals surface area contributed by atoms with Gasteiger partial charge in [0.15, 0.2) is 0 Å². The van der Waals surface area contributed by atoms with Gasteiger partial charge in [0, 0.05) is 6.04 Å².